The summed E-state index contributed by atoms with van der Waals surface area (Å²) in [5.74, 6) is 0.744. The van der Waals surface area contributed by atoms with Gasteiger partial charge >= 0.3 is 0 Å². The number of nitrogens with one attached hydrogen (secondary N) is 2. The van der Waals surface area contributed by atoms with E-state index < -0.39 is 0 Å². The summed E-state index contributed by atoms with van der Waals surface area (Å²) < 4.78 is 0. The molecule has 1 heterocycles. The van der Waals surface area contributed by atoms with Crippen molar-refractivity contribution >= 4 is 0 Å². The van der Waals surface area contributed by atoms with Crippen molar-refractivity contribution in [3.63, 3.8) is 0 Å². The van der Waals surface area contributed by atoms with Crippen molar-refractivity contribution in [3.05, 3.63) is 0 Å². The number of rotatable bonds is 6. The molecule has 0 radical (unpaired) electrons. The third kappa shape index (κ3) is 4.52. The molecule has 0 aromatic rings. The lowest BCUT2D eigenvalue weighted by Crippen LogP contribution is -2.42. The average molecular weight is 212 g/mol. The lowest BCUT2D eigenvalue weighted by molar-refractivity contribution is 0.328. The number of hydrogen-bond donors (Lipinski definition) is 2. The van der Waals surface area contributed by atoms with Crippen molar-refractivity contribution in [2.75, 3.05) is 6.54 Å². The van der Waals surface area contributed by atoms with Crippen LogP contribution in [0.3, 0.4) is 0 Å². The van der Waals surface area contributed by atoms with E-state index in [0.717, 1.165) is 12.0 Å². The molecule has 0 bridgehead atoms. The zero-order valence-corrected chi connectivity index (χ0v) is 10.8. The van der Waals surface area contributed by atoms with Crippen LogP contribution in [-0.2, 0) is 0 Å². The summed E-state index contributed by atoms with van der Waals surface area (Å²) in [6.45, 7) is 10.4. The molecule has 0 saturated carbocycles. The Morgan fingerprint density at radius 2 is 2.07 bits per heavy atom. The van der Waals surface area contributed by atoms with Crippen LogP contribution in [0.4, 0.5) is 0 Å². The van der Waals surface area contributed by atoms with Crippen LogP contribution in [0.5, 0.6) is 0 Å². The van der Waals surface area contributed by atoms with E-state index in [1.807, 2.05) is 0 Å². The van der Waals surface area contributed by atoms with Crippen molar-refractivity contribution in [3.8, 4) is 0 Å². The van der Waals surface area contributed by atoms with Crippen molar-refractivity contribution < 1.29 is 0 Å². The zero-order chi connectivity index (χ0) is 11.3. The van der Waals surface area contributed by atoms with Crippen molar-refractivity contribution in [2.24, 2.45) is 5.92 Å². The molecule has 0 amide bonds. The lowest BCUT2D eigenvalue weighted by atomic mass is 9.99. The van der Waals surface area contributed by atoms with E-state index >= 15 is 0 Å². The first-order valence-corrected chi connectivity index (χ1v) is 6.63. The van der Waals surface area contributed by atoms with Gasteiger partial charge in [-0.05, 0) is 45.1 Å². The van der Waals surface area contributed by atoms with E-state index in [9.17, 15) is 0 Å². The largest absolute Gasteiger partial charge is 0.314 e. The van der Waals surface area contributed by atoms with Gasteiger partial charge in [0.25, 0.3) is 0 Å². The maximum atomic E-state index is 3.75. The summed E-state index contributed by atoms with van der Waals surface area (Å²) >= 11 is 0. The highest BCUT2D eigenvalue weighted by molar-refractivity contribution is 4.81. The summed E-state index contributed by atoms with van der Waals surface area (Å²) in [6.07, 6.45) is 5.24. The molecule has 90 valence electrons. The molecule has 1 rings (SSSR count). The monoisotopic (exact) mass is 212 g/mol. The van der Waals surface area contributed by atoms with Crippen LogP contribution in [0.25, 0.3) is 0 Å². The molecule has 0 aromatic heterocycles. The molecule has 15 heavy (non-hydrogen) atoms. The second kappa shape index (κ2) is 6.49. The Balaban J connectivity index is 2.23. The maximum Gasteiger partial charge on any atom is 0.00899 e. The van der Waals surface area contributed by atoms with Crippen molar-refractivity contribution in [1.82, 2.24) is 10.6 Å². The minimum atomic E-state index is 0.646. The third-order valence-corrected chi connectivity index (χ3v) is 3.54. The standard InChI is InChI=1S/C13H28N2/c1-5-13(10(2)3)15-11(4)9-12-7-6-8-14-12/h10-15H,5-9H2,1-4H3. The Kier molecular flexibility index (Phi) is 5.62. The minimum absolute atomic E-state index is 0.646. The van der Waals surface area contributed by atoms with Gasteiger partial charge < -0.3 is 10.6 Å². The van der Waals surface area contributed by atoms with Crippen LogP contribution in [0, 0.1) is 5.92 Å². The molecule has 0 aromatic carbocycles. The van der Waals surface area contributed by atoms with Gasteiger partial charge in [-0.1, -0.05) is 20.8 Å². The number of hydrogen-bond acceptors (Lipinski definition) is 2. The fraction of sp³-hybridized carbons (Fsp3) is 1.00. The highest BCUT2D eigenvalue weighted by Crippen LogP contribution is 2.13. The van der Waals surface area contributed by atoms with Gasteiger partial charge in [0.15, 0.2) is 0 Å². The molecule has 0 spiro atoms. The third-order valence-electron chi connectivity index (χ3n) is 3.54. The topological polar surface area (TPSA) is 24.1 Å². The van der Waals surface area contributed by atoms with Gasteiger partial charge in [0, 0.05) is 18.1 Å². The Morgan fingerprint density at radius 1 is 1.33 bits per heavy atom. The molecule has 3 unspecified atom stereocenters. The molecule has 1 aliphatic heterocycles. The molecule has 3 atom stereocenters. The van der Waals surface area contributed by atoms with Gasteiger partial charge in [-0.2, -0.15) is 0 Å². The van der Waals surface area contributed by atoms with Gasteiger partial charge in [-0.15, -0.1) is 0 Å². The Morgan fingerprint density at radius 3 is 2.53 bits per heavy atom. The van der Waals surface area contributed by atoms with Gasteiger partial charge in [0.2, 0.25) is 0 Å². The second-order valence-electron chi connectivity index (χ2n) is 5.36. The van der Waals surface area contributed by atoms with Crippen LogP contribution >= 0.6 is 0 Å². The van der Waals surface area contributed by atoms with Crippen LogP contribution in [-0.4, -0.2) is 24.7 Å². The highest BCUT2D eigenvalue weighted by Gasteiger charge is 2.19. The van der Waals surface area contributed by atoms with E-state index in [2.05, 4.69) is 38.3 Å². The average Bonchev–Trinajstić information content (AvgIpc) is 2.66. The molecule has 1 saturated heterocycles. The van der Waals surface area contributed by atoms with E-state index in [1.165, 1.54) is 32.2 Å². The highest BCUT2D eigenvalue weighted by atomic mass is 15.0. The fourth-order valence-electron chi connectivity index (χ4n) is 2.60. The predicted octanol–water partition coefficient (Wildman–Crippen LogP) is 2.54. The van der Waals surface area contributed by atoms with Crippen LogP contribution < -0.4 is 10.6 Å². The first-order valence-electron chi connectivity index (χ1n) is 6.63. The summed E-state index contributed by atoms with van der Waals surface area (Å²) in [5, 5.41) is 7.32. The first kappa shape index (κ1) is 13.0. The first-order chi connectivity index (χ1) is 7.13. The van der Waals surface area contributed by atoms with Crippen LogP contribution in [0.2, 0.25) is 0 Å². The smallest absolute Gasteiger partial charge is 0.00899 e. The van der Waals surface area contributed by atoms with Gasteiger partial charge in [0.1, 0.15) is 0 Å². The normalized spacial score (nSPS) is 25.8. The molecule has 0 aliphatic carbocycles. The Bertz CT molecular complexity index is 162. The zero-order valence-electron chi connectivity index (χ0n) is 10.8. The Labute approximate surface area is 95.2 Å². The minimum Gasteiger partial charge on any atom is -0.314 e. The van der Waals surface area contributed by atoms with E-state index in [1.54, 1.807) is 0 Å². The summed E-state index contributed by atoms with van der Waals surface area (Å²) in [6, 6.07) is 2.09. The predicted molar refractivity (Wildman–Crippen MR) is 67.2 cm³/mol. The summed E-state index contributed by atoms with van der Waals surface area (Å²) in [5.41, 5.74) is 0. The second-order valence-corrected chi connectivity index (χ2v) is 5.36. The Hall–Kier alpha value is -0.0800. The van der Waals surface area contributed by atoms with Crippen LogP contribution in [0.1, 0.15) is 53.4 Å². The molecular formula is C13H28N2. The molecule has 2 N–H and O–H groups in total. The summed E-state index contributed by atoms with van der Waals surface area (Å²) in [4.78, 5) is 0. The van der Waals surface area contributed by atoms with Gasteiger partial charge in [0.05, 0.1) is 0 Å². The summed E-state index contributed by atoms with van der Waals surface area (Å²) in [7, 11) is 0. The van der Waals surface area contributed by atoms with E-state index in [4.69, 9.17) is 0 Å². The van der Waals surface area contributed by atoms with Crippen molar-refractivity contribution in [1.29, 1.82) is 0 Å². The maximum absolute atomic E-state index is 3.75. The molecule has 2 nitrogen and oxygen atoms in total. The molecular weight excluding hydrogens is 184 g/mol. The van der Waals surface area contributed by atoms with E-state index in [0.29, 0.717) is 12.1 Å². The molecule has 2 heteroatoms. The molecule has 1 aliphatic rings. The SMILES string of the molecule is CCC(NC(C)CC1CCCN1)C(C)C. The van der Waals surface area contributed by atoms with Gasteiger partial charge in [-0.3, -0.25) is 0 Å². The van der Waals surface area contributed by atoms with E-state index in [-0.39, 0.29) is 0 Å². The quantitative estimate of drug-likeness (QED) is 0.707. The lowest BCUT2D eigenvalue weighted by Gasteiger charge is -2.27. The van der Waals surface area contributed by atoms with Crippen LogP contribution in [0.15, 0.2) is 0 Å². The van der Waals surface area contributed by atoms with Gasteiger partial charge in [-0.25, -0.2) is 0 Å². The molecule has 1 fully saturated rings. The van der Waals surface area contributed by atoms with Crippen molar-refractivity contribution in [2.45, 2.75) is 71.5 Å². The fourth-order valence-corrected chi connectivity index (χ4v) is 2.60.